The molecule has 1 aromatic rings. The molecule has 3 heteroatoms. The summed E-state index contributed by atoms with van der Waals surface area (Å²) in [6.07, 6.45) is 4.51. The molecule has 1 N–H and O–H groups in total. The zero-order chi connectivity index (χ0) is 13.2. The predicted molar refractivity (Wildman–Crippen MR) is 74.3 cm³/mol. The van der Waals surface area contributed by atoms with E-state index >= 15 is 0 Å². The molecule has 0 saturated carbocycles. The van der Waals surface area contributed by atoms with Crippen molar-refractivity contribution in [3.05, 3.63) is 35.4 Å². The SMILES string of the molecule is O=C(O)[C@H]1CCN(C[C@H]2CCCc3ccccc32)C1. The number of likely N-dealkylation sites (tertiary alicyclic amines) is 1. The van der Waals surface area contributed by atoms with Crippen molar-refractivity contribution in [3.63, 3.8) is 0 Å². The predicted octanol–water partition coefficient (Wildman–Crippen LogP) is 2.51. The van der Waals surface area contributed by atoms with Gasteiger partial charge in [-0.15, -0.1) is 0 Å². The van der Waals surface area contributed by atoms with Crippen LogP contribution in [0.4, 0.5) is 0 Å². The molecule has 1 heterocycles. The number of fused-ring (bicyclic) bond motifs is 1. The van der Waals surface area contributed by atoms with Crippen LogP contribution in [0.2, 0.25) is 0 Å². The van der Waals surface area contributed by atoms with Crippen molar-refractivity contribution in [1.29, 1.82) is 0 Å². The summed E-state index contributed by atoms with van der Waals surface area (Å²) >= 11 is 0. The second kappa shape index (κ2) is 5.33. The van der Waals surface area contributed by atoms with Crippen LogP contribution in [0.5, 0.6) is 0 Å². The van der Waals surface area contributed by atoms with Crippen LogP contribution < -0.4 is 0 Å². The van der Waals surface area contributed by atoms with E-state index in [2.05, 4.69) is 29.2 Å². The molecule has 1 aromatic carbocycles. The minimum absolute atomic E-state index is 0.154. The average molecular weight is 259 g/mol. The van der Waals surface area contributed by atoms with Gasteiger partial charge >= 0.3 is 5.97 Å². The lowest BCUT2D eigenvalue weighted by atomic mass is 9.82. The number of aryl methyl sites for hydroxylation is 1. The quantitative estimate of drug-likeness (QED) is 0.906. The molecule has 1 saturated heterocycles. The van der Waals surface area contributed by atoms with Crippen LogP contribution in [0.1, 0.15) is 36.3 Å². The zero-order valence-electron chi connectivity index (χ0n) is 11.2. The molecule has 0 radical (unpaired) electrons. The number of aliphatic carboxylic acids is 1. The van der Waals surface area contributed by atoms with E-state index in [-0.39, 0.29) is 5.92 Å². The zero-order valence-corrected chi connectivity index (χ0v) is 11.2. The molecule has 1 aliphatic heterocycles. The molecular weight excluding hydrogens is 238 g/mol. The maximum Gasteiger partial charge on any atom is 0.307 e. The van der Waals surface area contributed by atoms with Gasteiger partial charge < -0.3 is 10.0 Å². The number of benzene rings is 1. The first kappa shape index (κ1) is 12.7. The van der Waals surface area contributed by atoms with Gasteiger partial charge in [0.15, 0.2) is 0 Å². The van der Waals surface area contributed by atoms with Crippen molar-refractivity contribution in [1.82, 2.24) is 4.90 Å². The van der Waals surface area contributed by atoms with E-state index in [4.69, 9.17) is 5.11 Å². The van der Waals surface area contributed by atoms with Crippen molar-refractivity contribution >= 4 is 5.97 Å². The first-order valence-corrected chi connectivity index (χ1v) is 7.27. The molecule has 2 atom stereocenters. The molecule has 0 unspecified atom stereocenters. The summed E-state index contributed by atoms with van der Waals surface area (Å²) in [7, 11) is 0. The van der Waals surface area contributed by atoms with Crippen LogP contribution >= 0.6 is 0 Å². The number of hydrogen-bond donors (Lipinski definition) is 1. The molecule has 102 valence electrons. The average Bonchev–Trinajstić information content (AvgIpc) is 2.88. The second-order valence-corrected chi connectivity index (χ2v) is 5.87. The fourth-order valence-electron chi connectivity index (χ4n) is 3.56. The van der Waals surface area contributed by atoms with Gasteiger partial charge in [0.25, 0.3) is 0 Å². The van der Waals surface area contributed by atoms with Crippen molar-refractivity contribution in [2.45, 2.75) is 31.6 Å². The molecule has 2 aliphatic rings. The molecule has 0 spiro atoms. The van der Waals surface area contributed by atoms with E-state index in [1.807, 2.05) is 0 Å². The molecule has 0 aromatic heterocycles. The van der Waals surface area contributed by atoms with Gasteiger partial charge in [-0.3, -0.25) is 4.79 Å². The summed E-state index contributed by atoms with van der Waals surface area (Å²) in [4.78, 5) is 13.3. The third kappa shape index (κ3) is 2.66. The summed E-state index contributed by atoms with van der Waals surface area (Å²) in [6.45, 7) is 2.70. The number of carboxylic acid groups (broad SMARTS) is 1. The van der Waals surface area contributed by atoms with Crippen LogP contribution in [0.25, 0.3) is 0 Å². The topological polar surface area (TPSA) is 40.5 Å². The van der Waals surface area contributed by atoms with E-state index in [1.165, 1.54) is 30.4 Å². The third-order valence-electron chi connectivity index (χ3n) is 4.59. The van der Waals surface area contributed by atoms with Crippen molar-refractivity contribution in [2.75, 3.05) is 19.6 Å². The van der Waals surface area contributed by atoms with E-state index in [0.717, 1.165) is 26.1 Å². The summed E-state index contributed by atoms with van der Waals surface area (Å²) < 4.78 is 0. The standard InChI is InChI=1S/C16H21NO2/c18-16(19)14-8-9-17(11-14)10-13-6-3-5-12-4-1-2-7-15(12)13/h1-2,4,7,13-14H,3,5-6,8-11H2,(H,18,19)/t13-,14+/m1/s1. The largest absolute Gasteiger partial charge is 0.481 e. The minimum Gasteiger partial charge on any atom is -0.481 e. The van der Waals surface area contributed by atoms with E-state index in [0.29, 0.717) is 5.92 Å². The highest BCUT2D eigenvalue weighted by atomic mass is 16.4. The molecule has 1 aliphatic carbocycles. The first-order chi connectivity index (χ1) is 9.24. The summed E-state index contributed by atoms with van der Waals surface area (Å²) in [5.74, 6) is -0.192. The first-order valence-electron chi connectivity index (χ1n) is 7.27. The minimum atomic E-state index is -0.633. The summed E-state index contributed by atoms with van der Waals surface area (Å²) in [5, 5.41) is 9.07. The smallest absolute Gasteiger partial charge is 0.307 e. The van der Waals surface area contributed by atoms with Gasteiger partial charge in [0.05, 0.1) is 5.92 Å². The van der Waals surface area contributed by atoms with E-state index < -0.39 is 5.97 Å². The highest BCUT2D eigenvalue weighted by molar-refractivity contribution is 5.70. The van der Waals surface area contributed by atoms with Crippen LogP contribution in [0.3, 0.4) is 0 Å². The highest BCUT2D eigenvalue weighted by Crippen LogP contribution is 2.33. The number of nitrogens with zero attached hydrogens (tertiary/aromatic N) is 1. The maximum absolute atomic E-state index is 11.0. The molecule has 1 fully saturated rings. The Kier molecular flexibility index (Phi) is 3.56. The van der Waals surface area contributed by atoms with Gasteiger partial charge in [-0.25, -0.2) is 0 Å². The molecule has 0 bridgehead atoms. The number of hydrogen-bond acceptors (Lipinski definition) is 2. The maximum atomic E-state index is 11.0. The van der Waals surface area contributed by atoms with Gasteiger partial charge in [0, 0.05) is 13.1 Å². The van der Waals surface area contributed by atoms with Crippen molar-refractivity contribution < 1.29 is 9.90 Å². The second-order valence-electron chi connectivity index (χ2n) is 5.87. The molecule has 19 heavy (non-hydrogen) atoms. The summed E-state index contributed by atoms with van der Waals surface area (Å²) in [5.41, 5.74) is 2.99. The van der Waals surface area contributed by atoms with Gasteiger partial charge in [0.2, 0.25) is 0 Å². The van der Waals surface area contributed by atoms with E-state index in [1.54, 1.807) is 0 Å². The monoisotopic (exact) mass is 259 g/mol. The fourth-order valence-corrected chi connectivity index (χ4v) is 3.56. The van der Waals surface area contributed by atoms with Crippen LogP contribution in [-0.2, 0) is 11.2 Å². The Balaban J connectivity index is 1.67. The Morgan fingerprint density at radius 2 is 2.16 bits per heavy atom. The number of carboxylic acids is 1. The van der Waals surface area contributed by atoms with E-state index in [9.17, 15) is 4.79 Å². The fraction of sp³-hybridized carbons (Fsp3) is 0.562. The Labute approximate surface area is 114 Å². The lowest BCUT2D eigenvalue weighted by molar-refractivity contribution is -0.141. The normalized spacial score (nSPS) is 27.2. The Morgan fingerprint density at radius 1 is 1.32 bits per heavy atom. The number of rotatable bonds is 3. The molecule has 0 amide bonds. The van der Waals surface area contributed by atoms with Crippen LogP contribution in [0, 0.1) is 5.92 Å². The molecule has 3 nitrogen and oxygen atoms in total. The Bertz CT molecular complexity index is 472. The lowest BCUT2D eigenvalue weighted by Gasteiger charge is -2.29. The number of carbonyl (C=O) groups is 1. The van der Waals surface area contributed by atoms with Gasteiger partial charge in [-0.05, 0) is 49.3 Å². The van der Waals surface area contributed by atoms with Gasteiger partial charge in [0.1, 0.15) is 0 Å². The van der Waals surface area contributed by atoms with Gasteiger partial charge in [-0.2, -0.15) is 0 Å². The Morgan fingerprint density at radius 3 is 2.95 bits per heavy atom. The Hall–Kier alpha value is -1.35. The van der Waals surface area contributed by atoms with Crippen molar-refractivity contribution in [3.8, 4) is 0 Å². The van der Waals surface area contributed by atoms with Crippen molar-refractivity contribution in [2.24, 2.45) is 5.92 Å². The summed E-state index contributed by atoms with van der Waals surface area (Å²) in [6, 6.07) is 8.74. The van der Waals surface area contributed by atoms with Crippen LogP contribution in [-0.4, -0.2) is 35.6 Å². The molecular formula is C16H21NO2. The highest BCUT2D eigenvalue weighted by Gasteiger charge is 2.30. The molecule has 3 rings (SSSR count). The lowest BCUT2D eigenvalue weighted by Crippen LogP contribution is -2.29. The van der Waals surface area contributed by atoms with Gasteiger partial charge in [-0.1, -0.05) is 24.3 Å². The third-order valence-corrected chi connectivity index (χ3v) is 4.59. The van der Waals surface area contributed by atoms with Crippen LogP contribution in [0.15, 0.2) is 24.3 Å².